The number of hydrogen-bond acceptors (Lipinski definition) is 3. The lowest BCUT2D eigenvalue weighted by Gasteiger charge is -2.40. The molecule has 21 heavy (non-hydrogen) atoms. The first kappa shape index (κ1) is 16.1. The molecule has 1 unspecified atom stereocenters. The Balaban J connectivity index is 1.87. The minimum absolute atomic E-state index is 0.200. The maximum Gasteiger partial charge on any atom is 0.410 e. The van der Waals surface area contributed by atoms with E-state index in [1.807, 2.05) is 20.8 Å². The van der Waals surface area contributed by atoms with E-state index >= 15 is 0 Å². The molecule has 1 saturated carbocycles. The number of carboxylic acid groups (broad SMARTS) is 1. The molecule has 0 bridgehead atoms. The van der Waals surface area contributed by atoms with Crippen LogP contribution >= 0.6 is 0 Å². The number of aliphatic carboxylic acids is 1. The highest BCUT2D eigenvalue weighted by atomic mass is 16.6. The summed E-state index contributed by atoms with van der Waals surface area (Å²) in [6.07, 6.45) is 4.51. The van der Waals surface area contributed by atoms with Crippen molar-refractivity contribution >= 4 is 12.1 Å². The van der Waals surface area contributed by atoms with E-state index in [-0.39, 0.29) is 17.9 Å². The van der Waals surface area contributed by atoms with Crippen molar-refractivity contribution in [2.24, 2.45) is 17.8 Å². The fraction of sp³-hybridized carbons (Fsp3) is 0.875. The number of amides is 1. The minimum Gasteiger partial charge on any atom is -0.481 e. The van der Waals surface area contributed by atoms with Gasteiger partial charge in [0.25, 0.3) is 0 Å². The zero-order chi connectivity index (χ0) is 15.6. The molecule has 0 radical (unpaired) electrons. The molecule has 2 fully saturated rings. The molecule has 1 amide bonds. The molecule has 1 aliphatic carbocycles. The third-order valence-electron chi connectivity index (χ3n) is 4.64. The van der Waals surface area contributed by atoms with Gasteiger partial charge < -0.3 is 14.7 Å². The van der Waals surface area contributed by atoms with Gasteiger partial charge in [0.2, 0.25) is 0 Å². The molecule has 0 aromatic carbocycles. The van der Waals surface area contributed by atoms with Crippen molar-refractivity contribution in [3.63, 3.8) is 0 Å². The van der Waals surface area contributed by atoms with E-state index in [1.54, 1.807) is 4.90 Å². The molecule has 5 nitrogen and oxygen atoms in total. The number of nitrogens with zero attached hydrogens (tertiary/aromatic N) is 1. The number of piperidine rings is 1. The van der Waals surface area contributed by atoms with Gasteiger partial charge in [-0.1, -0.05) is 6.42 Å². The molecule has 1 aliphatic heterocycles. The predicted octanol–water partition coefficient (Wildman–Crippen LogP) is 3.13. The summed E-state index contributed by atoms with van der Waals surface area (Å²) in [7, 11) is 0. The van der Waals surface area contributed by atoms with Crippen LogP contribution in [0.3, 0.4) is 0 Å². The summed E-state index contributed by atoms with van der Waals surface area (Å²) in [6, 6.07) is 0. The maximum atomic E-state index is 12.0. The minimum atomic E-state index is -0.657. The van der Waals surface area contributed by atoms with E-state index in [0.29, 0.717) is 19.0 Å². The van der Waals surface area contributed by atoms with Crippen molar-refractivity contribution in [2.45, 2.75) is 58.5 Å². The van der Waals surface area contributed by atoms with Gasteiger partial charge in [0.15, 0.2) is 0 Å². The van der Waals surface area contributed by atoms with Gasteiger partial charge in [-0.25, -0.2) is 4.79 Å². The number of rotatable bonds is 3. The molecule has 120 valence electrons. The Bertz CT molecular complexity index is 390. The van der Waals surface area contributed by atoms with Gasteiger partial charge in [-0.05, 0) is 58.3 Å². The zero-order valence-electron chi connectivity index (χ0n) is 13.3. The monoisotopic (exact) mass is 297 g/mol. The Morgan fingerprint density at radius 2 is 1.62 bits per heavy atom. The Labute approximate surface area is 126 Å². The summed E-state index contributed by atoms with van der Waals surface area (Å²) in [5.41, 5.74) is -0.483. The number of carbonyl (C=O) groups is 2. The molecular weight excluding hydrogens is 270 g/mol. The summed E-state index contributed by atoms with van der Waals surface area (Å²) in [4.78, 5) is 25.3. The second kappa shape index (κ2) is 6.24. The summed E-state index contributed by atoms with van der Waals surface area (Å²) in [5.74, 6) is -0.331. The van der Waals surface area contributed by atoms with E-state index in [1.165, 1.54) is 0 Å². The van der Waals surface area contributed by atoms with Crippen LogP contribution in [-0.2, 0) is 9.53 Å². The van der Waals surface area contributed by atoms with Crippen molar-refractivity contribution < 1.29 is 19.4 Å². The number of carboxylic acids is 1. The van der Waals surface area contributed by atoms with Gasteiger partial charge in [0, 0.05) is 13.1 Å². The molecular formula is C16H27NO4. The summed E-state index contributed by atoms with van der Waals surface area (Å²) in [6.45, 7) is 6.78. The van der Waals surface area contributed by atoms with Crippen LogP contribution in [0.2, 0.25) is 0 Å². The first-order valence-corrected chi connectivity index (χ1v) is 7.98. The molecule has 2 aliphatic rings. The van der Waals surface area contributed by atoms with Crippen LogP contribution in [0.15, 0.2) is 0 Å². The van der Waals surface area contributed by atoms with Crippen molar-refractivity contribution in [1.29, 1.82) is 0 Å². The molecule has 0 aromatic heterocycles. The fourth-order valence-electron chi connectivity index (χ4n) is 3.35. The lowest BCUT2D eigenvalue weighted by atomic mass is 9.68. The van der Waals surface area contributed by atoms with Crippen LogP contribution in [0.5, 0.6) is 0 Å². The topological polar surface area (TPSA) is 66.8 Å². The van der Waals surface area contributed by atoms with Crippen LogP contribution in [0.4, 0.5) is 4.79 Å². The predicted molar refractivity (Wildman–Crippen MR) is 79.0 cm³/mol. The van der Waals surface area contributed by atoms with Gasteiger partial charge in [-0.15, -0.1) is 0 Å². The summed E-state index contributed by atoms with van der Waals surface area (Å²) >= 11 is 0. The molecule has 0 spiro atoms. The second-order valence-corrected chi connectivity index (χ2v) is 7.36. The number of carbonyl (C=O) groups excluding carboxylic acids is 1. The van der Waals surface area contributed by atoms with Crippen LogP contribution in [0.25, 0.3) is 0 Å². The lowest BCUT2D eigenvalue weighted by Crippen LogP contribution is -2.45. The van der Waals surface area contributed by atoms with Gasteiger partial charge in [-0.2, -0.15) is 0 Å². The van der Waals surface area contributed by atoms with Gasteiger partial charge in [-0.3, -0.25) is 4.79 Å². The molecule has 1 heterocycles. The van der Waals surface area contributed by atoms with Gasteiger partial charge in [0.05, 0.1) is 5.92 Å². The van der Waals surface area contributed by atoms with Gasteiger partial charge in [0.1, 0.15) is 5.60 Å². The van der Waals surface area contributed by atoms with Gasteiger partial charge >= 0.3 is 12.1 Å². The number of ether oxygens (including phenoxy) is 1. The maximum absolute atomic E-state index is 12.0. The Morgan fingerprint density at radius 1 is 1.10 bits per heavy atom. The average Bonchev–Trinajstić information content (AvgIpc) is 2.31. The second-order valence-electron chi connectivity index (χ2n) is 7.36. The first-order chi connectivity index (χ1) is 9.78. The van der Waals surface area contributed by atoms with E-state index in [9.17, 15) is 14.7 Å². The van der Waals surface area contributed by atoms with Crippen LogP contribution in [0, 0.1) is 17.8 Å². The molecule has 1 saturated heterocycles. The van der Waals surface area contributed by atoms with Crippen LogP contribution in [-0.4, -0.2) is 40.8 Å². The van der Waals surface area contributed by atoms with Crippen LogP contribution in [0.1, 0.15) is 52.9 Å². The lowest BCUT2D eigenvalue weighted by molar-refractivity contribution is -0.148. The smallest absolute Gasteiger partial charge is 0.410 e. The summed E-state index contributed by atoms with van der Waals surface area (Å²) in [5, 5.41) is 9.48. The number of hydrogen-bond donors (Lipinski definition) is 1. The first-order valence-electron chi connectivity index (χ1n) is 7.98. The Kier molecular flexibility index (Phi) is 4.79. The SMILES string of the molecule is CC(C)(C)OC(=O)N1CCC(C(C(=O)O)C2CCC2)CC1. The average molecular weight is 297 g/mol. The zero-order valence-corrected chi connectivity index (χ0v) is 13.3. The molecule has 0 aromatic rings. The van der Waals surface area contributed by atoms with E-state index < -0.39 is 11.6 Å². The number of likely N-dealkylation sites (tertiary alicyclic amines) is 1. The third kappa shape index (κ3) is 4.11. The van der Waals surface area contributed by atoms with E-state index in [4.69, 9.17) is 4.74 Å². The molecule has 5 heteroatoms. The van der Waals surface area contributed by atoms with E-state index in [2.05, 4.69) is 0 Å². The van der Waals surface area contributed by atoms with Crippen LogP contribution < -0.4 is 0 Å². The normalized spacial score (nSPS) is 22.5. The molecule has 1 atom stereocenters. The Morgan fingerprint density at radius 3 is 2.00 bits per heavy atom. The van der Waals surface area contributed by atoms with Crippen molar-refractivity contribution in [3.05, 3.63) is 0 Å². The highest BCUT2D eigenvalue weighted by molar-refractivity contribution is 5.71. The third-order valence-corrected chi connectivity index (χ3v) is 4.64. The largest absolute Gasteiger partial charge is 0.481 e. The molecule has 1 N–H and O–H groups in total. The van der Waals surface area contributed by atoms with E-state index in [0.717, 1.165) is 32.1 Å². The van der Waals surface area contributed by atoms with Crippen molar-refractivity contribution in [3.8, 4) is 0 Å². The van der Waals surface area contributed by atoms with Crippen molar-refractivity contribution in [1.82, 2.24) is 4.90 Å². The quantitative estimate of drug-likeness (QED) is 0.869. The highest BCUT2D eigenvalue weighted by Gasteiger charge is 2.40. The standard InChI is InChI=1S/C16H27NO4/c1-16(2,3)21-15(20)17-9-7-12(8-10-17)13(14(18)19)11-5-4-6-11/h11-13H,4-10H2,1-3H3,(H,18,19). The molecule has 2 rings (SSSR count). The summed E-state index contributed by atoms with van der Waals surface area (Å²) < 4.78 is 5.37. The highest BCUT2D eigenvalue weighted by Crippen LogP contribution is 2.40. The van der Waals surface area contributed by atoms with Crippen molar-refractivity contribution in [2.75, 3.05) is 13.1 Å². The fourth-order valence-corrected chi connectivity index (χ4v) is 3.35. The Hall–Kier alpha value is -1.26.